The van der Waals surface area contributed by atoms with Crippen LogP contribution >= 0.6 is 0 Å². The lowest BCUT2D eigenvalue weighted by Crippen LogP contribution is -3.11. The van der Waals surface area contributed by atoms with Crippen molar-refractivity contribution in [3.63, 3.8) is 0 Å². The van der Waals surface area contributed by atoms with Gasteiger partial charge in [0.05, 0.1) is 26.3 Å². The van der Waals surface area contributed by atoms with Crippen LogP contribution in [0, 0.1) is 13.8 Å². The third kappa shape index (κ3) is 6.08. The minimum Gasteiger partial charge on any atom is -0.491 e. The van der Waals surface area contributed by atoms with E-state index in [1.54, 1.807) is 4.90 Å². The largest absolute Gasteiger partial charge is 0.491 e. The molecular formula is C16H28NO2+. The van der Waals surface area contributed by atoms with Gasteiger partial charge in [-0.15, -0.1) is 0 Å². The Balaban J connectivity index is 2.14. The number of hydrogen-bond acceptors (Lipinski definition) is 2. The van der Waals surface area contributed by atoms with E-state index in [0.717, 1.165) is 18.9 Å². The molecule has 3 heteroatoms. The Morgan fingerprint density at radius 2 is 1.74 bits per heavy atom. The quantitative estimate of drug-likeness (QED) is 0.687. The molecule has 108 valence electrons. The second-order valence-corrected chi connectivity index (χ2v) is 4.94. The zero-order valence-electron chi connectivity index (χ0n) is 12.8. The highest BCUT2D eigenvalue weighted by molar-refractivity contribution is 5.35. The molecule has 19 heavy (non-hydrogen) atoms. The smallest absolute Gasteiger partial charge is 0.122 e. The lowest BCUT2D eigenvalue weighted by molar-refractivity contribution is -0.896. The van der Waals surface area contributed by atoms with Crippen LogP contribution in [0.25, 0.3) is 0 Å². The van der Waals surface area contributed by atoms with Crippen LogP contribution in [0.2, 0.25) is 0 Å². The lowest BCUT2D eigenvalue weighted by Gasteiger charge is -2.15. The predicted molar refractivity (Wildman–Crippen MR) is 79.1 cm³/mol. The summed E-state index contributed by atoms with van der Waals surface area (Å²) in [5.41, 5.74) is 2.45. The fourth-order valence-electron chi connectivity index (χ4n) is 2.09. The molecule has 0 saturated carbocycles. The zero-order valence-corrected chi connectivity index (χ0v) is 12.8. The van der Waals surface area contributed by atoms with Crippen LogP contribution in [0.1, 0.15) is 25.0 Å². The molecule has 1 aromatic rings. The van der Waals surface area contributed by atoms with Crippen molar-refractivity contribution in [3.05, 3.63) is 29.3 Å². The van der Waals surface area contributed by atoms with Crippen molar-refractivity contribution < 1.29 is 14.4 Å². The van der Waals surface area contributed by atoms with Crippen molar-refractivity contribution in [2.75, 3.05) is 39.5 Å². The average Bonchev–Trinajstić information content (AvgIpc) is 2.40. The maximum absolute atomic E-state index is 5.72. The first-order valence-electron chi connectivity index (χ1n) is 7.28. The van der Waals surface area contributed by atoms with E-state index < -0.39 is 0 Å². The molecular weight excluding hydrogens is 238 g/mol. The molecule has 1 aromatic carbocycles. The zero-order chi connectivity index (χ0) is 14.1. The third-order valence-electron chi connectivity index (χ3n) is 3.42. The first-order valence-corrected chi connectivity index (χ1v) is 7.28. The second kappa shape index (κ2) is 8.94. The van der Waals surface area contributed by atoms with Crippen molar-refractivity contribution in [3.8, 4) is 5.75 Å². The van der Waals surface area contributed by atoms with Crippen LogP contribution in [0.4, 0.5) is 0 Å². The molecule has 3 nitrogen and oxygen atoms in total. The van der Waals surface area contributed by atoms with Crippen LogP contribution in [0.5, 0.6) is 5.75 Å². The fraction of sp³-hybridized carbons (Fsp3) is 0.625. The SMILES string of the molecule is CC[NH+](CC)CCOCCOc1ccc(C)cc1C. The standard InChI is InChI=1S/C16H27NO2/c1-5-17(6-2)9-10-18-11-12-19-16-8-7-14(3)13-15(16)4/h7-8,13H,5-6,9-12H2,1-4H3/p+1. The van der Waals surface area contributed by atoms with E-state index in [9.17, 15) is 0 Å². The number of hydrogen-bond donors (Lipinski definition) is 1. The Labute approximate surface area is 117 Å². The van der Waals surface area contributed by atoms with Gasteiger partial charge in [-0.2, -0.15) is 0 Å². The Morgan fingerprint density at radius 1 is 1.00 bits per heavy atom. The molecule has 0 unspecified atom stereocenters. The van der Waals surface area contributed by atoms with Crippen molar-refractivity contribution in [1.29, 1.82) is 0 Å². The van der Waals surface area contributed by atoms with E-state index in [0.29, 0.717) is 13.2 Å². The summed E-state index contributed by atoms with van der Waals surface area (Å²) in [6.07, 6.45) is 0. The summed E-state index contributed by atoms with van der Waals surface area (Å²) >= 11 is 0. The maximum atomic E-state index is 5.72. The molecule has 0 aliphatic heterocycles. The Morgan fingerprint density at radius 3 is 2.37 bits per heavy atom. The molecule has 0 radical (unpaired) electrons. The van der Waals surface area contributed by atoms with Crippen molar-refractivity contribution >= 4 is 0 Å². The van der Waals surface area contributed by atoms with Crippen molar-refractivity contribution in [2.45, 2.75) is 27.7 Å². The molecule has 0 aliphatic rings. The summed E-state index contributed by atoms with van der Waals surface area (Å²) in [4.78, 5) is 1.58. The number of benzene rings is 1. The molecule has 0 heterocycles. The van der Waals surface area contributed by atoms with Crippen LogP contribution in [0.3, 0.4) is 0 Å². The maximum Gasteiger partial charge on any atom is 0.122 e. The highest BCUT2D eigenvalue weighted by atomic mass is 16.5. The van der Waals surface area contributed by atoms with Crippen molar-refractivity contribution in [2.24, 2.45) is 0 Å². The van der Waals surface area contributed by atoms with Crippen LogP contribution in [-0.4, -0.2) is 39.5 Å². The molecule has 0 fully saturated rings. The molecule has 0 aromatic heterocycles. The van der Waals surface area contributed by atoms with Gasteiger partial charge in [-0.3, -0.25) is 0 Å². The van der Waals surface area contributed by atoms with Gasteiger partial charge in [-0.05, 0) is 39.3 Å². The molecule has 0 aliphatic carbocycles. The Hall–Kier alpha value is -1.06. The molecule has 0 saturated heterocycles. The summed E-state index contributed by atoms with van der Waals surface area (Å²) in [5.74, 6) is 0.962. The molecule has 0 amide bonds. The van der Waals surface area contributed by atoms with Gasteiger partial charge < -0.3 is 14.4 Å². The minimum atomic E-state index is 0.623. The van der Waals surface area contributed by atoms with Crippen LogP contribution in [0.15, 0.2) is 18.2 Å². The molecule has 0 bridgehead atoms. The summed E-state index contributed by atoms with van der Waals surface area (Å²) < 4.78 is 11.3. The van der Waals surface area contributed by atoms with Crippen LogP contribution in [-0.2, 0) is 4.74 Å². The third-order valence-corrected chi connectivity index (χ3v) is 3.42. The molecule has 0 atom stereocenters. The number of rotatable bonds is 9. The first-order chi connectivity index (χ1) is 9.17. The van der Waals surface area contributed by atoms with Gasteiger partial charge in [-0.25, -0.2) is 0 Å². The predicted octanol–water partition coefficient (Wildman–Crippen LogP) is 1.62. The Kier molecular flexibility index (Phi) is 7.53. The number of likely N-dealkylation sites (N-methyl/N-ethyl adjacent to an activating group) is 1. The summed E-state index contributed by atoms with van der Waals surface area (Å²) in [6, 6.07) is 6.25. The second-order valence-electron chi connectivity index (χ2n) is 4.94. The number of ether oxygens (including phenoxy) is 2. The average molecular weight is 266 g/mol. The fourth-order valence-corrected chi connectivity index (χ4v) is 2.09. The summed E-state index contributed by atoms with van der Waals surface area (Å²) in [5, 5.41) is 0. The normalized spacial score (nSPS) is 11.0. The van der Waals surface area contributed by atoms with E-state index in [1.165, 1.54) is 24.2 Å². The van der Waals surface area contributed by atoms with Crippen LogP contribution < -0.4 is 9.64 Å². The van der Waals surface area contributed by atoms with E-state index in [1.807, 2.05) is 6.07 Å². The number of quaternary nitrogens is 1. The lowest BCUT2D eigenvalue weighted by atomic mass is 10.1. The van der Waals surface area contributed by atoms with E-state index >= 15 is 0 Å². The summed E-state index contributed by atoms with van der Waals surface area (Å²) in [7, 11) is 0. The van der Waals surface area contributed by atoms with Crippen molar-refractivity contribution in [1.82, 2.24) is 0 Å². The molecule has 0 spiro atoms. The van der Waals surface area contributed by atoms with Gasteiger partial charge >= 0.3 is 0 Å². The van der Waals surface area contributed by atoms with Gasteiger partial charge in [-0.1, -0.05) is 17.7 Å². The van der Waals surface area contributed by atoms with E-state index in [4.69, 9.17) is 9.47 Å². The topological polar surface area (TPSA) is 22.9 Å². The Bertz CT molecular complexity index is 362. The van der Waals surface area contributed by atoms with Gasteiger partial charge in [0.15, 0.2) is 0 Å². The monoisotopic (exact) mass is 266 g/mol. The minimum absolute atomic E-state index is 0.623. The van der Waals surface area contributed by atoms with Gasteiger partial charge in [0.2, 0.25) is 0 Å². The number of nitrogens with one attached hydrogen (secondary N) is 1. The van der Waals surface area contributed by atoms with Gasteiger partial charge in [0, 0.05) is 0 Å². The van der Waals surface area contributed by atoms with E-state index in [-0.39, 0.29) is 0 Å². The first kappa shape index (κ1) is 16.0. The molecule has 1 rings (SSSR count). The van der Waals surface area contributed by atoms with Gasteiger partial charge in [0.1, 0.15) is 18.9 Å². The number of aryl methyl sites for hydroxylation is 2. The molecule has 1 N–H and O–H groups in total. The van der Waals surface area contributed by atoms with E-state index in [2.05, 4.69) is 39.8 Å². The highest BCUT2D eigenvalue weighted by Crippen LogP contribution is 2.18. The van der Waals surface area contributed by atoms with Gasteiger partial charge in [0.25, 0.3) is 0 Å². The highest BCUT2D eigenvalue weighted by Gasteiger charge is 2.02. The summed E-state index contributed by atoms with van der Waals surface area (Å²) in [6.45, 7) is 14.1.